The second-order valence-electron chi connectivity index (χ2n) is 5.46. The van der Waals surface area contributed by atoms with Crippen molar-refractivity contribution in [2.45, 2.75) is 32.7 Å². The van der Waals surface area contributed by atoms with Crippen LogP contribution in [-0.4, -0.2) is 18.1 Å². The summed E-state index contributed by atoms with van der Waals surface area (Å²) in [5, 5.41) is 3.59. The lowest BCUT2D eigenvalue weighted by Gasteiger charge is -2.26. The molecule has 1 unspecified atom stereocenters. The van der Waals surface area contributed by atoms with Crippen molar-refractivity contribution in [1.82, 2.24) is 10.3 Å². The van der Waals surface area contributed by atoms with Crippen LogP contribution in [0.15, 0.2) is 36.5 Å². The number of ether oxygens (including phenoxy) is 1. The standard InChI is InChI=1S/C18H22N2O/c1-3-19-17(15-10-5-11-20-13(15)2)16-9-4-7-14-8-6-12-21-18(14)16/h4-5,7,9-11,17,19H,3,6,8,12H2,1-2H3. The maximum absolute atomic E-state index is 5.98. The number of pyridine rings is 1. The Morgan fingerprint density at radius 3 is 2.90 bits per heavy atom. The van der Waals surface area contributed by atoms with E-state index in [2.05, 4.69) is 48.4 Å². The Morgan fingerprint density at radius 1 is 1.24 bits per heavy atom. The normalized spacial score (nSPS) is 15.1. The van der Waals surface area contributed by atoms with Gasteiger partial charge in [0, 0.05) is 17.5 Å². The first-order valence-electron chi connectivity index (χ1n) is 7.70. The molecular weight excluding hydrogens is 260 g/mol. The molecule has 3 heteroatoms. The Hall–Kier alpha value is -1.87. The largest absolute Gasteiger partial charge is 0.493 e. The van der Waals surface area contributed by atoms with Crippen molar-refractivity contribution in [1.29, 1.82) is 0 Å². The lowest BCUT2D eigenvalue weighted by molar-refractivity contribution is 0.283. The molecule has 2 aromatic rings. The van der Waals surface area contributed by atoms with E-state index in [1.54, 1.807) is 0 Å². The monoisotopic (exact) mass is 282 g/mol. The number of benzene rings is 1. The molecule has 0 bridgehead atoms. The number of nitrogens with zero attached hydrogens (tertiary/aromatic N) is 1. The number of aromatic nitrogens is 1. The third-order valence-electron chi connectivity index (χ3n) is 4.04. The summed E-state index contributed by atoms with van der Waals surface area (Å²) in [6.45, 7) is 5.92. The summed E-state index contributed by atoms with van der Waals surface area (Å²) in [4.78, 5) is 4.44. The van der Waals surface area contributed by atoms with Gasteiger partial charge < -0.3 is 10.1 Å². The third kappa shape index (κ3) is 2.79. The van der Waals surface area contributed by atoms with Gasteiger partial charge in [-0.05, 0) is 43.5 Å². The molecule has 1 aromatic heterocycles. The van der Waals surface area contributed by atoms with Crippen LogP contribution in [0.3, 0.4) is 0 Å². The van der Waals surface area contributed by atoms with Crippen LogP contribution in [-0.2, 0) is 6.42 Å². The molecule has 0 saturated heterocycles. The van der Waals surface area contributed by atoms with E-state index >= 15 is 0 Å². The smallest absolute Gasteiger partial charge is 0.127 e. The topological polar surface area (TPSA) is 34.2 Å². The van der Waals surface area contributed by atoms with Crippen LogP contribution in [0.1, 0.15) is 41.8 Å². The van der Waals surface area contributed by atoms with Gasteiger partial charge in [-0.1, -0.05) is 31.2 Å². The Morgan fingerprint density at radius 2 is 2.10 bits per heavy atom. The van der Waals surface area contributed by atoms with Gasteiger partial charge in [0.25, 0.3) is 0 Å². The molecule has 1 aliphatic heterocycles. The fourth-order valence-electron chi connectivity index (χ4n) is 3.04. The van der Waals surface area contributed by atoms with Crippen LogP contribution >= 0.6 is 0 Å². The van der Waals surface area contributed by atoms with E-state index in [1.165, 1.54) is 16.7 Å². The van der Waals surface area contributed by atoms with E-state index in [0.29, 0.717) is 0 Å². The van der Waals surface area contributed by atoms with E-state index in [-0.39, 0.29) is 6.04 Å². The molecule has 0 aliphatic carbocycles. The summed E-state index contributed by atoms with van der Waals surface area (Å²) >= 11 is 0. The molecule has 0 radical (unpaired) electrons. The highest BCUT2D eigenvalue weighted by atomic mass is 16.5. The Kier molecular flexibility index (Phi) is 4.20. The van der Waals surface area contributed by atoms with E-state index in [4.69, 9.17) is 4.74 Å². The van der Waals surface area contributed by atoms with Gasteiger partial charge in [-0.15, -0.1) is 0 Å². The molecular formula is C18H22N2O. The maximum atomic E-state index is 5.98. The molecule has 0 amide bonds. The number of para-hydroxylation sites is 1. The first-order valence-corrected chi connectivity index (χ1v) is 7.70. The minimum Gasteiger partial charge on any atom is -0.493 e. The second-order valence-corrected chi connectivity index (χ2v) is 5.46. The van der Waals surface area contributed by atoms with Gasteiger partial charge in [-0.3, -0.25) is 4.98 Å². The number of nitrogens with one attached hydrogen (secondary N) is 1. The molecule has 21 heavy (non-hydrogen) atoms. The fourth-order valence-corrected chi connectivity index (χ4v) is 3.04. The molecule has 0 saturated carbocycles. The zero-order valence-electron chi connectivity index (χ0n) is 12.7. The molecule has 1 aliphatic rings. The van der Waals surface area contributed by atoms with Crippen LogP contribution in [0.4, 0.5) is 0 Å². The summed E-state index contributed by atoms with van der Waals surface area (Å²) in [6, 6.07) is 10.8. The minimum atomic E-state index is 0.136. The van der Waals surface area contributed by atoms with Gasteiger partial charge in [0.15, 0.2) is 0 Å². The molecule has 0 fully saturated rings. The highest BCUT2D eigenvalue weighted by molar-refractivity contribution is 5.48. The van der Waals surface area contributed by atoms with Crippen molar-refractivity contribution in [3.8, 4) is 5.75 Å². The molecule has 0 spiro atoms. The Bertz CT molecular complexity index is 624. The Labute approximate surface area is 126 Å². The first kappa shape index (κ1) is 14.1. The Balaban J connectivity index is 2.08. The van der Waals surface area contributed by atoms with Gasteiger partial charge in [0.1, 0.15) is 5.75 Å². The summed E-state index contributed by atoms with van der Waals surface area (Å²) in [5.41, 5.74) is 4.84. The highest BCUT2D eigenvalue weighted by Crippen LogP contribution is 2.36. The first-order chi connectivity index (χ1) is 10.3. The number of rotatable bonds is 4. The predicted molar refractivity (Wildman–Crippen MR) is 84.8 cm³/mol. The number of hydrogen-bond acceptors (Lipinski definition) is 3. The minimum absolute atomic E-state index is 0.136. The molecule has 110 valence electrons. The second kappa shape index (κ2) is 6.27. The zero-order valence-corrected chi connectivity index (χ0v) is 12.7. The van der Waals surface area contributed by atoms with E-state index in [1.807, 2.05) is 12.3 Å². The lowest BCUT2D eigenvalue weighted by atomic mass is 9.93. The molecule has 1 N–H and O–H groups in total. The fraction of sp³-hybridized carbons (Fsp3) is 0.389. The van der Waals surface area contributed by atoms with Crippen molar-refractivity contribution >= 4 is 0 Å². The summed E-state index contributed by atoms with van der Waals surface area (Å²) in [6.07, 6.45) is 4.06. The highest BCUT2D eigenvalue weighted by Gasteiger charge is 2.23. The lowest BCUT2D eigenvalue weighted by Crippen LogP contribution is -2.25. The van der Waals surface area contributed by atoms with Gasteiger partial charge in [-0.2, -0.15) is 0 Å². The van der Waals surface area contributed by atoms with Crippen molar-refractivity contribution in [2.24, 2.45) is 0 Å². The predicted octanol–water partition coefficient (Wildman–Crippen LogP) is 3.41. The number of fused-ring (bicyclic) bond motifs is 1. The molecule has 1 atom stereocenters. The molecule has 2 heterocycles. The van der Waals surface area contributed by atoms with Crippen LogP contribution in [0.2, 0.25) is 0 Å². The van der Waals surface area contributed by atoms with Gasteiger partial charge in [-0.25, -0.2) is 0 Å². The van der Waals surface area contributed by atoms with Crippen molar-refractivity contribution in [3.63, 3.8) is 0 Å². The van der Waals surface area contributed by atoms with Crippen molar-refractivity contribution in [3.05, 3.63) is 58.9 Å². The van der Waals surface area contributed by atoms with Gasteiger partial charge in [0.2, 0.25) is 0 Å². The van der Waals surface area contributed by atoms with Crippen LogP contribution in [0, 0.1) is 6.92 Å². The summed E-state index contributed by atoms with van der Waals surface area (Å²) in [7, 11) is 0. The summed E-state index contributed by atoms with van der Waals surface area (Å²) < 4.78 is 5.98. The molecule has 3 nitrogen and oxygen atoms in total. The van der Waals surface area contributed by atoms with Crippen LogP contribution in [0.25, 0.3) is 0 Å². The van der Waals surface area contributed by atoms with Gasteiger partial charge >= 0.3 is 0 Å². The van der Waals surface area contributed by atoms with E-state index in [0.717, 1.165) is 37.4 Å². The molecule has 3 rings (SSSR count). The van der Waals surface area contributed by atoms with Crippen LogP contribution < -0.4 is 10.1 Å². The van der Waals surface area contributed by atoms with E-state index in [9.17, 15) is 0 Å². The van der Waals surface area contributed by atoms with E-state index < -0.39 is 0 Å². The maximum Gasteiger partial charge on any atom is 0.127 e. The van der Waals surface area contributed by atoms with Crippen molar-refractivity contribution in [2.75, 3.05) is 13.2 Å². The van der Waals surface area contributed by atoms with Crippen LogP contribution in [0.5, 0.6) is 5.75 Å². The quantitative estimate of drug-likeness (QED) is 0.933. The van der Waals surface area contributed by atoms with Gasteiger partial charge in [0.05, 0.1) is 12.6 Å². The number of hydrogen-bond donors (Lipinski definition) is 1. The molecule has 1 aromatic carbocycles. The van der Waals surface area contributed by atoms with Crippen molar-refractivity contribution < 1.29 is 4.74 Å². The zero-order chi connectivity index (χ0) is 14.7. The average Bonchev–Trinajstić information content (AvgIpc) is 2.53. The number of aryl methyl sites for hydroxylation is 2. The SMILES string of the molecule is CCNC(c1cccnc1C)c1cccc2c1OCCC2. The summed E-state index contributed by atoms with van der Waals surface area (Å²) in [5.74, 6) is 1.07. The third-order valence-corrected chi connectivity index (χ3v) is 4.04. The average molecular weight is 282 g/mol.